The first-order valence-corrected chi connectivity index (χ1v) is 7.85. The number of hydrogen-bond donors (Lipinski definition) is 1. The molecular formula is C17H20FN3O3. The van der Waals surface area contributed by atoms with Crippen LogP contribution in [0.1, 0.15) is 32.3 Å². The number of urea groups is 1. The predicted molar refractivity (Wildman–Crippen MR) is 86.9 cm³/mol. The molecule has 0 bridgehead atoms. The summed E-state index contributed by atoms with van der Waals surface area (Å²) >= 11 is 0. The Bertz CT molecular complexity index is 670. The summed E-state index contributed by atoms with van der Waals surface area (Å²) in [5, 5.41) is 2.20. The normalized spacial score (nSPS) is 18.8. The smallest absolute Gasteiger partial charge is 0.288 e. The van der Waals surface area contributed by atoms with Crippen LogP contribution in [0.25, 0.3) is 0 Å². The minimum Gasteiger partial charge on any atom is -0.288 e. The minimum atomic E-state index is -1.10. The van der Waals surface area contributed by atoms with Crippen molar-refractivity contribution in [2.75, 3.05) is 6.54 Å². The lowest BCUT2D eigenvalue weighted by Gasteiger charge is -2.30. The van der Waals surface area contributed by atoms with Crippen LogP contribution < -0.4 is 5.32 Å². The molecule has 1 saturated heterocycles. The van der Waals surface area contributed by atoms with Crippen LogP contribution in [0.2, 0.25) is 0 Å². The summed E-state index contributed by atoms with van der Waals surface area (Å²) in [6.45, 7) is 4.03. The van der Waals surface area contributed by atoms with Crippen molar-refractivity contribution in [1.29, 1.82) is 0 Å². The van der Waals surface area contributed by atoms with E-state index in [2.05, 4.69) is 10.3 Å². The molecule has 1 aromatic carbocycles. The van der Waals surface area contributed by atoms with Crippen LogP contribution in [0.5, 0.6) is 0 Å². The molecule has 0 radical (unpaired) electrons. The quantitative estimate of drug-likeness (QED) is 0.641. The third-order valence-electron chi connectivity index (χ3n) is 3.83. The number of carbonyl (C=O) groups is 3. The summed E-state index contributed by atoms with van der Waals surface area (Å²) in [5.74, 6) is -2.64. The maximum atomic E-state index is 12.9. The summed E-state index contributed by atoms with van der Waals surface area (Å²) in [6.07, 6.45) is 1.50. The lowest BCUT2D eigenvalue weighted by atomic mass is 9.99. The Kier molecular flexibility index (Phi) is 5.78. The van der Waals surface area contributed by atoms with Gasteiger partial charge in [-0.15, -0.1) is 0 Å². The van der Waals surface area contributed by atoms with Crippen LogP contribution in [0, 0.1) is 11.7 Å². The van der Waals surface area contributed by atoms with E-state index >= 15 is 0 Å². The second-order valence-corrected chi connectivity index (χ2v) is 5.65. The number of aliphatic imine (C=N–C) groups is 1. The van der Waals surface area contributed by atoms with E-state index in [9.17, 15) is 18.8 Å². The van der Waals surface area contributed by atoms with E-state index in [1.165, 1.54) is 12.1 Å². The van der Waals surface area contributed by atoms with Crippen LogP contribution >= 0.6 is 0 Å². The average Bonchev–Trinajstić information content (AvgIpc) is 2.54. The van der Waals surface area contributed by atoms with Crippen molar-refractivity contribution in [3.63, 3.8) is 0 Å². The van der Waals surface area contributed by atoms with Crippen molar-refractivity contribution < 1.29 is 18.8 Å². The molecule has 4 amide bonds. The van der Waals surface area contributed by atoms with Crippen LogP contribution in [0.4, 0.5) is 9.18 Å². The number of rotatable bonds is 6. The third kappa shape index (κ3) is 4.04. The fraction of sp³-hybridized carbons (Fsp3) is 0.412. The lowest BCUT2D eigenvalue weighted by molar-refractivity contribution is -0.139. The van der Waals surface area contributed by atoms with Crippen molar-refractivity contribution in [3.05, 3.63) is 35.6 Å². The molecule has 1 atom stereocenters. The Morgan fingerprint density at radius 3 is 2.54 bits per heavy atom. The molecule has 0 unspecified atom stereocenters. The van der Waals surface area contributed by atoms with E-state index in [0.29, 0.717) is 12.1 Å². The fourth-order valence-electron chi connectivity index (χ4n) is 2.41. The van der Waals surface area contributed by atoms with E-state index in [1.54, 1.807) is 19.1 Å². The van der Waals surface area contributed by atoms with Gasteiger partial charge in [0.05, 0.1) is 6.54 Å². The summed E-state index contributed by atoms with van der Waals surface area (Å²) in [7, 11) is 0. The van der Waals surface area contributed by atoms with Gasteiger partial charge in [0.1, 0.15) is 5.82 Å². The van der Waals surface area contributed by atoms with Gasteiger partial charge in [-0.05, 0) is 31.0 Å². The van der Waals surface area contributed by atoms with E-state index in [-0.39, 0.29) is 18.9 Å². The zero-order chi connectivity index (χ0) is 17.7. The molecule has 128 valence electrons. The molecule has 6 nitrogen and oxygen atoms in total. The van der Waals surface area contributed by atoms with Gasteiger partial charge in [0.15, 0.2) is 5.92 Å². The highest BCUT2D eigenvalue weighted by Gasteiger charge is 2.41. The molecule has 1 aliphatic rings. The highest BCUT2D eigenvalue weighted by atomic mass is 19.1. The summed E-state index contributed by atoms with van der Waals surface area (Å²) < 4.78 is 12.9. The highest BCUT2D eigenvalue weighted by Crippen LogP contribution is 2.15. The Morgan fingerprint density at radius 2 is 1.92 bits per heavy atom. The van der Waals surface area contributed by atoms with Crippen molar-refractivity contribution in [3.8, 4) is 0 Å². The van der Waals surface area contributed by atoms with Crippen molar-refractivity contribution >= 4 is 23.6 Å². The molecule has 0 spiro atoms. The van der Waals surface area contributed by atoms with E-state index in [0.717, 1.165) is 16.9 Å². The molecule has 0 aromatic heterocycles. The van der Waals surface area contributed by atoms with Crippen molar-refractivity contribution in [2.24, 2.45) is 10.9 Å². The first-order chi connectivity index (χ1) is 11.4. The molecule has 2 rings (SSSR count). The summed E-state index contributed by atoms with van der Waals surface area (Å²) in [5.41, 5.74) is 1.09. The van der Waals surface area contributed by atoms with E-state index in [4.69, 9.17) is 0 Å². The molecule has 1 aliphatic heterocycles. The monoisotopic (exact) mass is 333 g/mol. The van der Waals surface area contributed by atoms with Gasteiger partial charge in [0.25, 0.3) is 0 Å². The second-order valence-electron chi connectivity index (χ2n) is 5.65. The minimum absolute atomic E-state index is 0.228. The fourth-order valence-corrected chi connectivity index (χ4v) is 2.41. The van der Waals surface area contributed by atoms with Gasteiger partial charge in [0.2, 0.25) is 11.8 Å². The number of barbiturate groups is 1. The Balaban J connectivity index is 2.13. The number of benzene rings is 1. The van der Waals surface area contributed by atoms with Gasteiger partial charge in [-0.3, -0.25) is 24.8 Å². The molecule has 1 N–H and O–H groups in total. The third-order valence-corrected chi connectivity index (χ3v) is 3.83. The van der Waals surface area contributed by atoms with Crippen LogP contribution in [-0.2, 0) is 16.1 Å². The number of carbonyl (C=O) groups excluding carboxylic acids is 3. The number of nitrogens with one attached hydrogen (secondary N) is 1. The van der Waals surface area contributed by atoms with Crippen molar-refractivity contribution in [1.82, 2.24) is 10.2 Å². The molecule has 24 heavy (non-hydrogen) atoms. The summed E-state index contributed by atoms with van der Waals surface area (Å²) in [4.78, 5) is 41.6. The predicted octanol–water partition coefficient (Wildman–Crippen LogP) is 2.28. The number of unbranched alkanes of at least 4 members (excludes halogenated alkanes) is 1. The molecule has 0 aliphatic carbocycles. The van der Waals surface area contributed by atoms with Crippen molar-refractivity contribution in [2.45, 2.75) is 33.2 Å². The van der Waals surface area contributed by atoms with Gasteiger partial charge in [0, 0.05) is 12.3 Å². The SMILES string of the molecule is CCCCN1C(=O)NC(=O)[C@H](C(C)=NCc2ccc(F)cc2)C1=O. The standard InChI is InChI=1S/C17H20FN3O3/c1-3-4-9-21-16(23)14(15(22)20-17(21)24)11(2)19-10-12-5-7-13(18)8-6-12/h5-8,14H,3-4,9-10H2,1-2H3,(H,20,22,24)/t14-/m0/s1. The number of hydrogen-bond acceptors (Lipinski definition) is 4. The maximum Gasteiger partial charge on any atom is 0.330 e. The van der Waals surface area contributed by atoms with E-state index in [1.807, 2.05) is 6.92 Å². The van der Waals surface area contributed by atoms with Crippen LogP contribution in [0.3, 0.4) is 0 Å². The molecule has 0 saturated carbocycles. The zero-order valence-corrected chi connectivity index (χ0v) is 13.7. The molecule has 1 fully saturated rings. The van der Waals surface area contributed by atoms with Gasteiger partial charge in [-0.1, -0.05) is 25.5 Å². The zero-order valence-electron chi connectivity index (χ0n) is 13.7. The Labute approximate surface area is 139 Å². The topological polar surface area (TPSA) is 78.8 Å². The largest absolute Gasteiger partial charge is 0.330 e. The first-order valence-electron chi connectivity index (χ1n) is 7.85. The number of imide groups is 2. The maximum absolute atomic E-state index is 12.9. The summed E-state index contributed by atoms with van der Waals surface area (Å²) in [6, 6.07) is 5.15. The van der Waals surface area contributed by atoms with Crippen LogP contribution in [0.15, 0.2) is 29.3 Å². The number of nitrogens with zero attached hydrogens (tertiary/aromatic N) is 2. The van der Waals surface area contributed by atoms with Gasteiger partial charge < -0.3 is 0 Å². The molecule has 1 heterocycles. The van der Waals surface area contributed by atoms with Gasteiger partial charge in [-0.25, -0.2) is 9.18 Å². The lowest BCUT2D eigenvalue weighted by Crippen LogP contribution is -2.59. The average molecular weight is 333 g/mol. The highest BCUT2D eigenvalue weighted by molar-refractivity contribution is 6.27. The van der Waals surface area contributed by atoms with Gasteiger partial charge >= 0.3 is 6.03 Å². The first kappa shape index (κ1) is 17.8. The molecular weight excluding hydrogens is 313 g/mol. The van der Waals surface area contributed by atoms with E-state index < -0.39 is 23.8 Å². The number of halogens is 1. The number of amides is 4. The molecule has 7 heteroatoms. The molecule has 1 aromatic rings. The van der Waals surface area contributed by atoms with Crippen LogP contribution in [-0.4, -0.2) is 35.0 Å². The van der Waals surface area contributed by atoms with Gasteiger partial charge in [-0.2, -0.15) is 0 Å². The Morgan fingerprint density at radius 1 is 1.25 bits per heavy atom. The Hall–Kier alpha value is -2.57. The second kappa shape index (κ2) is 7.81.